The Morgan fingerprint density at radius 1 is 0.942 bits per heavy atom. The topological polar surface area (TPSA) is 105 Å². The molecule has 0 saturated heterocycles. The minimum absolute atomic E-state index is 0. The molecule has 7 nitrogen and oxygen atoms in total. The highest BCUT2D eigenvalue weighted by Crippen LogP contribution is 2.78. The molecule has 5 fully saturated rings. The summed E-state index contributed by atoms with van der Waals surface area (Å²) in [6, 6.07) is 0. The number of carbonyl (C=O) groups is 3. The van der Waals surface area contributed by atoms with Crippen molar-refractivity contribution in [2.24, 2.45) is 67.1 Å². The molecule has 292 valence electrons. The molecule has 0 radical (unpaired) electrons. The number of rotatable bonds is 10. The molecule has 5 saturated carbocycles. The Labute approximate surface area is 315 Å². The third-order valence-corrected chi connectivity index (χ3v) is 16.7. The van der Waals surface area contributed by atoms with E-state index < -0.39 is 11.4 Å². The Hall–Kier alpha value is -2.44. The molecule has 0 aromatic rings. The van der Waals surface area contributed by atoms with E-state index in [1.54, 1.807) is 0 Å². The molecule has 0 aromatic carbocycles. The molecule has 0 spiro atoms. The lowest BCUT2D eigenvalue weighted by atomic mass is 9.32. The minimum Gasteiger partial charge on any atom is -0.481 e. The molecule has 1 heterocycles. The number of hydrogen-bond donors (Lipinski definition) is 2. The van der Waals surface area contributed by atoms with Crippen molar-refractivity contribution in [1.29, 1.82) is 0 Å². The third-order valence-electron chi connectivity index (χ3n) is 16.7. The molecule has 0 aromatic heterocycles. The van der Waals surface area contributed by atoms with Crippen molar-refractivity contribution in [3.05, 3.63) is 23.9 Å². The van der Waals surface area contributed by atoms with Crippen molar-refractivity contribution < 1.29 is 24.2 Å². The molecule has 7 heteroatoms. The van der Waals surface area contributed by atoms with E-state index in [1.807, 2.05) is 20.0 Å². The Morgan fingerprint density at radius 2 is 1.65 bits per heavy atom. The van der Waals surface area contributed by atoms with Crippen LogP contribution in [0.5, 0.6) is 0 Å². The second-order valence-electron chi connectivity index (χ2n) is 20.6. The number of allylic oxidation sites excluding steroid dienone is 2. The van der Waals surface area contributed by atoms with E-state index in [1.165, 1.54) is 36.8 Å². The summed E-state index contributed by atoms with van der Waals surface area (Å²) in [5.41, 5.74) is 3.40. The zero-order chi connectivity index (χ0) is 37.4. The van der Waals surface area contributed by atoms with E-state index in [0.717, 1.165) is 50.7 Å². The lowest BCUT2D eigenvalue weighted by Gasteiger charge is -2.73. The minimum atomic E-state index is -0.883. The van der Waals surface area contributed by atoms with E-state index in [-0.39, 0.29) is 65.3 Å². The maximum atomic E-state index is 13.7. The van der Waals surface area contributed by atoms with Gasteiger partial charge in [-0.3, -0.25) is 19.4 Å². The lowest BCUT2D eigenvalue weighted by Crippen LogP contribution is -2.67. The Kier molecular flexibility index (Phi) is 11.0. The standard InChI is InChI=1S/C44H68N2O5.CH4/c1-27(2)30-13-18-44(22-35(47)46-26-29-21-28(3)25-45-29)20-19-42(9)31(38(30)44)11-12-33-41(8)16-15-34(40(6,7)32(41)14-17-43(33,42)10)51-37(50)24-39(4,5)23-36(48)49;/h25,30-34,38H,1,11-24,26H2,2-10H3,(H,46,47)(H,48,49);1H4/t30-,31+,32-,33+,34-,38+,41-,42+,43+,44+;/m0./s1. The number of carboxylic acids is 1. The van der Waals surface area contributed by atoms with Crippen molar-refractivity contribution in [3.63, 3.8) is 0 Å². The second-order valence-corrected chi connectivity index (χ2v) is 20.6. The predicted molar refractivity (Wildman–Crippen MR) is 210 cm³/mol. The van der Waals surface area contributed by atoms with Gasteiger partial charge in [0, 0.05) is 30.2 Å². The number of nitrogens with zero attached hydrogens (tertiary/aromatic N) is 1. The number of aliphatic carboxylic acids is 1. The van der Waals surface area contributed by atoms with Crippen LogP contribution in [0, 0.1) is 62.1 Å². The number of carboxylic acid groups (broad SMARTS) is 1. The van der Waals surface area contributed by atoms with Gasteiger partial charge in [-0.2, -0.15) is 0 Å². The van der Waals surface area contributed by atoms with Crippen LogP contribution in [-0.4, -0.2) is 41.3 Å². The molecule has 6 aliphatic rings. The fourth-order valence-corrected chi connectivity index (χ4v) is 14.1. The van der Waals surface area contributed by atoms with Gasteiger partial charge in [0.05, 0.1) is 19.4 Å². The monoisotopic (exact) mass is 721 g/mol. The average Bonchev–Trinajstić information content (AvgIpc) is 3.60. The van der Waals surface area contributed by atoms with Crippen molar-refractivity contribution in [1.82, 2.24) is 5.32 Å². The van der Waals surface area contributed by atoms with Crippen LogP contribution in [0.3, 0.4) is 0 Å². The van der Waals surface area contributed by atoms with E-state index in [4.69, 9.17) is 4.74 Å². The van der Waals surface area contributed by atoms with Crippen LogP contribution < -0.4 is 5.32 Å². The smallest absolute Gasteiger partial charge is 0.306 e. The number of amides is 1. The molecule has 0 bridgehead atoms. The van der Waals surface area contributed by atoms with Gasteiger partial charge in [-0.15, -0.1) is 0 Å². The average molecular weight is 721 g/mol. The molecule has 0 unspecified atom stereocenters. The van der Waals surface area contributed by atoms with Crippen molar-refractivity contribution in [2.75, 3.05) is 6.54 Å². The van der Waals surface area contributed by atoms with Crippen molar-refractivity contribution >= 4 is 23.6 Å². The predicted octanol–water partition coefficient (Wildman–Crippen LogP) is 10.3. The van der Waals surface area contributed by atoms with E-state index >= 15 is 0 Å². The summed E-state index contributed by atoms with van der Waals surface area (Å²) in [5.74, 6) is 1.64. The SMILES string of the molecule is C.C=C(C)[C@@H]1CC[C@]2(CC(=O)NCC3=NC=C(C)C3)CC[C@]3(C)[C@H](CC[C@@H]4[C@@]5(C)CC[C@H](OC(=O)CC(C)(C)CC(=O)O)C(C)(C)[C@@H]5CC[C@]43C)[C@@H]12. The number of ether oxygens (including phenoxy) is 1. The summed E-state index contributed by atoms with van der Waals surface area (Å²) in [4.78, 5) is 42.8. The number of carbonyl (C=O) groups excluding carboxylic acids is 2. The van der Waals surface area contributed by atoms with Crippen molar-refractivity contribution in [3.8, 4) is 0 Å². The number of nitrogens with one attached hydrogen (secondary N) is 1. The normalized spacial score (nSPS) is 40.4. The Bertz CT molecular complexity index is 1510. The van der Waals surface area contributed by atoms with Gasteiger partial charge in [0.2, 0.25) is 5.91 Å². The molecule has 10 atom stereocenters. The van der Waals surface area contributed by atoms with Crippen molar-refractivity contribution in [2.45, 2.75) is 166 Å². The molecular formula is C45H72N2O5. The number of esters is 1. The molecule has 6 rings (SSSR count). The van der Waals surface area contributed by atoms with E-state index in [0.29, 0.717) is 42.6 Å². The van der Waals surface area contributed by atoms with Crippen LogP contribution in [0.2, 0.25) is 0 Å². The number of hydrogen-bond acceptors (Lipinski definition) is 5. The van der Waals surface area contributed by atoms with Gasteiger partial charge >= 0.3 is 11.9 Å². The van der Waals surface area contributed by atoms with Gasteiger partial charge in [0.25, 0.3) is 0 Å². The molecule has 1 amide bonds. The first-order chi connectivity index (χ1) is 23.7. The summed E-state index contributed by atoms with van der Waals surface area (Å²) < 4.78 is 6.28. The van der Waals surface area contributed by atoms with Crippen LogP contribution in [0.4, 0.5) is 0 Å². The first-order valence-corrected chi connectivity index (χ1v) is 20.2. The zero-order valence-electron chi connectivity index (χ0n) is 33.4. The van der Waals surface area contributed by atoms with Gasteiger partial charge in [0.1, 0.15) is 6.10 Å². The molecule has 2 N–H and O–H groups in total. The summed E-state index contributed by atoms with van der Waals surface area (Å²) in [7, 11) is 0. The lowest BCUT2D eigenvalue weighted by molar-refractivity contribution is -0.250. The van der Waals surface area contributed by atoms with Gasteiger partial charge in [-0.1, -0.05) is 68.0 Å². The highest BCUT2D eigenvalue weighted by molar-refractivity contribution is 5.93. The van der Waals surface area contributed by atoms with E-state index in [9.17, 15) is 19.5 Å². The van der Waals surface area contributed by atoms with Crippen LogP contribution >= 0.6 is 0 Å². The first kappa shape index (κ1) is 40.7. The van der Waals surface area contributed by atoms with Crippen LogP contribution in [0.1, 0.15) is 160 Å². The number of fused-ring (bicyclic) bond motifs is 7. The largest absolute Gasteiger partial charge is 0.481 e. The Balaban J connectivity index is 0.00000523. The molecular weight excluding hydrogens is 649 g/mol. The molecule has 5 aliphatic carbocycles. The van der Waals surface area contributed by atoms with Gasteiger partial charge in [0.15, 0.2) is 0 Å². The van der Waals surface area contributed by atoms with Crippen LogP contribution in [0.25, 0.3) is 0 Å². The highest BCUT2D eigenvalue weighted by Gasteiger charge is 2.71. The Morgan fingerprint density at radius 3 is 2.29 bits per heavy atom. The van der Waals surface area contributed by atoms with Crippen LogP contribution in [0.15, 0.2) is 28.9 Å². The summed E-state index contributed by atoms with van der Waals surface area (Å²) in [6.45, 7) is 25.6. The van der Waals surface area contributed by atoms with Gasteiger partial charge < -0.3 is 15.2 Å². The molecule has 52 heavy (non-hydrogen) atoms. The highest BCUT2D eigenvalue weighted by atomic mass is 16.5. The maximum Gasteiger partial charge on any atom is 0.306 e. The van der Waals surface area contributed by atoms with Gasteiger partial charge in [-0.05, 0) is 140 Å². The van der Waals surface area contributed by atoms with Gasteiger partial charge in [-0.25, -0.2) is 0 Å². The summed E-state index contributed by atoms with van der Waals surface area (Å²) in [6.07, 6.45) is 14.6. The number of aliphatic imine (C=N–C) groups is 1. The zero-order valence-corrected chi connectivity index (χ0v) is 33.4. The quantitative estimate of drug-likeness (QED) is 0.173. The maximum absolute atomic E-state index is 13.7. The summed E-state index contributed by atoms with van der Waals surface area (Å²) in [5, 5.41) is 12.6. The fraction of sp³-hybridized carbons (Fsp3) is 0.822. The van der Waals surface area contributed by atoms with Crippen LogP contribution in [-0.2, 0) is 19.1 Å². The second kappa shape index (κ2) is 14.0. The third kappa shape index (κ3) is 6.75. The first-order valence-electron chi connectivity index (χ1n) is 20.2. The molecule has 1 aliphatic heterocycles. The van der Waals surface area contributed by atoms with E-state index in [2.05, 4.69) is 65.4 Å². The summed E-state index contributed by atoms with van der Waals surface area (Å²) >= 11 is 0. The fourth-order valence-electron chi connectivity index (χ4n) is 14.1.